The summed E-state index contributed by atoms with van der Waals surface area (Å²) >= 11 is 1.27. The van der Waals surface area contributed by atoms with Gasteiger partial charge in [-0.25, -0.2) is 9.37 Å². The molecule has 0 aliphatic heterocycles. The van der Waals surface area contributed by atoms with Crippen LogP contribution in [0.25, 0.3) is 5.69 Å². The first-order valence-electron chi connectivity index (χ1n) is 8.50. The summed E-state index contributed by atoms with van der Waals surface area (Å²) in [7, 11) is 3.09. The quantitative estimate of drug-likeness (QED) is 0.603. The number of methoxy groups -OCH3 is 2. The number of hydrogen-bond donors (Lipinski definition) is 1. The van der Waals surface area contributed by atoms with E-state index in [-0.39, 0.29) is 11.7 Å². The summed E-state index contributed by atoms with van der Waals surface area (Å²) in [6.07, 6.45) is 3.34. The Balaban J connectivity index is 1.75. The van der Waals surface area contributed by atoms with Crippen LogP contribution in [0.2, 0.25) is 0 Å². The highest BCUT2D eigenvalue weighted by molar-refractivity contribution is 8.00. The van der Waals surface area contributed by atoms with Gasteiger partial charge in [-0.05, 0) is 37.3 Å². The lowest BCUT2D eigenvalue weighted by molar-refractivity contribution is -0.115. The fourth-order valence-corrected chi connectivity index (χ4v) is 3.44. The minimum Gasteiger partial charge on any atom is -0.497 e. The van der Waals surface area contributed by atoms with Crippen molar-refractivity contribution < 1.29 is 18.7 Å². The lowest BCUT2D eigenvalue weighted by Crippen LogP contribution is -2.23. The number of benzene rings is 2. The Bertz CT molecular complexity index is 977. The molecule has 1 amide bonds. The third-order valence-corrected chi connectivity index (χ3v) is 5.09. The molecule has 3 aromatic rings. The van der Waals surface area contributed by atoms with Gasteiger partial charge in [0, 0.05) is 18.5 Å². The standard InChI is InChI=1S/C20H20FN3O3S/c1-13(19(25)23-17-12-16(26-2)7-8-18(17)27-3)28-20-22-9-10-24(20)15-6-4-5-14(21)11-15/h4-13H,1-3H3,(H,23,25). The van der Waals surface area contributed by atoms with Crippen molar-refractivity contribution in [3.63, 3.8) is 0 Å². The van der Waals surface area contributed by atoms with Crippen molar-refractivity contribution in [2.75, 3.05) is 19.5 Å². The maximum absolute atomic E-state index is 13.5. The molecule has 0 saturated carbocycles. The first-order valence-corrected chi connectivity index (χ1v) is 9.38. The van der Waals surface area contributed by atoms with Gasteiger partial charge >= 0.3 is 0 Å². The number of nitrogens with zero attached hydrogens (tertiary/aromatic N) is 2. The van der Waals surface area contributed by atoms with Gasteiger partial charge in [0.15, 0.2) is 5.16 Å². The lowest BCUT2D eigenvalue weighted by Gasteiger charge is -2.15. The van der Waals surface area contributed by atoms with E-state index in [2.05, 4.69) is 10.3 Å². The molecule has 6 nitrogen and oxygen atoms in total. The van der Waals surface area contributed by atoms with Crippen LogP contribution in [0.4, 0.5) is 10.1 Å². The molecule has 1 unspecified atom stereocenters. The van der Waals surface area contributed by atoms with Gasteiger partial charge in [-0.2, -0.15) is 0 Å². The van der Waals surface area contributed by atoms with Crippen LogP contribution in [0, 0.1) is 5.82 Å². The number of imidazole rings is 1. The van der Waals surface area contributed by atoms with E-state index < -0.39 is 5.25 Å². The minimum atomic E-state index is -0.453. The molecule has 8 heteroatoms. The van der Waals surface area contributed by atoms with Crippen LogP contribution in [0.5, 0.6) is 11.5 Å². The summed E-state index contributed by atoms with van der Waals surface area (Å²) < 4.78 is 25.8. The number of anilines is 1. The van der Waals surface area contributed by atoms with Crippen LogP contribution in [0.15, 0.2) is 60.0 Å². The van der Waals surface area contributed by atoms with Crippen molar-refractivity contribution in [1.82, 2.24) is 9.55 Å². The molecule has 0 aliphatic rings. The number of thioether (sulfide) groups is 1. The normalized spacial score (nSPS) is 11.7. The lowest BCUT2D eigenvalue weighted by atomic mass is 10.2. The maximum Gasteiger partial charge on any atom is 0.237 e. The second-order valence-electron chi connectivity index (χ2n) is 5.88. The number of amides is 1. The van der Waals surface area contributed by atoms with Crippen molar-refractivity contribution in [2.45, 2.75) is 17.3 Å². The van der Waals surface area contributed by atoms with E-state index in [0.29, 0.717) is 28.0 Å². The summed E-state index contributed by atoms with van der Waals surface area (Å²) in [5.74, 6) is 0.592. The van der Waals surface area contributed by atoms with E-state index in [9.17, 15) is 9.18 Å². The van der Waals surface area contributed by atoms with Crippen LogP contribution in [0.3, 0.4) is 0 Å². The zero-order valence-corrected chi connectivity index (χ0v) is 16.5. The third-order valence-electron chi connectivity index (χ3n) is 4.01. The maximum atomic E-state index is 13.5. The van der Waals surface area contributed by atoms with E-state index in [1.807, 2.05) is 0 Å². The van der Waals surface area contributed by atoms with E-state index in [1.165, 1.54) is 31.0 Å². The van der Waals surface area contributed by atoms with Crippen LogP contribution < -0.4 is 14.8 Å². The Kier molecular flexibility index (Phi) is 6.20. The smallest absolute Gasteiger partial charge is 0.237 e. The van der Waals surface area contributed by atoms with Crippen LogP contribution >= 0.6 is 11.8 Å². The van der Waals surface area contributed by atoms with Crippen molar-refractivity contribution in [1.29, 1.82) is 0 Å². The second kappa shape index (κ2) is 8.79. The minimum absolute atomic E-state index is 0.217. The van der Waals surface area contributed by atoms with E-state index in [0.717, 1.165) is 0 Å². The fraction of sp³-hybridized carbons (Fsp3) is 0.200. The van der Waals surface area contributed by atoms with Gasteiger partial charge in [-0.15, -0.1) is 0 Å². The predicted molar refractivity (Wildman–Crippen MR) is 107 cm³/mol. The SMILES string of the molecule is COc1ccc(OC)c(NC(=O)C(C)Sc2nccn2-c2cccc(F)c2)c1. The predicted octanol–water partition coefficient (Wildman–Crippen LogP) is 4.15. The van der Waals surface area contributed by atoms with Gasteiger partial charge in [-0.1, -0.05) is 17.8 Å². The Hall–Kier alpha value is -3.00. The molecule has 146 valence electrons. The van der Waals surface area contributed by atoms with Gasteiger partial charge in [0.2, 0.25) is 5.91 Å². The summed E-state index contributed by atoms with van der Waals surface area (Å²) in [6, 6.07) is 11.4. The highest BCUT2D eigenvalue weighted by atomic mass is 32.2. The van der Waals surface area contributed by atoms with Crippen LogP contribution in [-0.2, 0) is 4.79 Å². The number of ether oxygens (including phenoxy) is 2. The third kappa shape index (κ3) is 4.45. The molecule has 0 fully saturated rings. The van der Waals surface area contributed by atoms with Crippen molar-refractivity contribution in [3.05, 3.63) is 60.7 Å². The van der Waals surface area contributed by atoms with Crippen molar-refractivity contribution in [3.8, 4) is 17.2 Å². The van der Waals surface area contributed by atoms with Crippen LogP contribution in [-0.4, -0.2) is 34.9 Å². The fourth-order valence-electron chi connectivity index (χ4n) is 2.56. The first-order chi connectivity index (χ1) is 13.5. The van der Waals surface area contributed by atoms with Gasteiger partial charge < -0.3 is 14.8 Å². The van der Waals surface area contributed by atoms with E-state index in [4.69, 9.17) is 9.47 Å². The summed E-state index contributed by atoms with van der Waals surface area (Å²) in [5.41, 5.74) is 1.16. The van der Waals surface area contributed by atoms with E-state index >= 15 is 0 Å². The second-order valence-corrected chi connectivity index (χ2v) is 7.18. The average Bonchev–Trinajstić information content (AvgIpc) is 3.16. The Morgan fingerprint density at radius 1 is 1.21 bits per heavy atom. The highest BCUT2D eigenvalue weighted by Crippen LogP contribution is 2.31. The zero-order valence-electron chi connectivity index (χ0n) is 15.7. The molecule has 0 spiro atoms. The number of halogens is 1. The molecular weight excluding hydrogens is 381 g/mol. The molecule has 0 bridgehead atoms. The molecule has 0 saturated heterocycles. The Labute approximate surface area is 166 Å². The summed E-state index contributed by atoms with van der Waals surface area (Å²) in [4.78, 5) is 17.0. The largest absolute Gasteiger partial charge is 0.497 e. The van der Waals surface area contributed by atoms with Gasteiger partial charge in [-0.3, -0.25) is 9.36 Å². The number of aromatic nitrogens is 2. The molecule has 1 atom stereocenters. The van der Waals surface area contributed by atoms with Gasteiger partial charge in [0.25, 0.3) is 0 Å². The Morgan fingerprint density at radius 3 is 2.75 bits per heavy atom. The number of rotatable bonds is 7. The molecule has 2 aromatic carbocycles. The summed E-state index contributed by atoms with van der Waals surface area (Å²) in [5, 5.41) is 2.99. The number of hydrogen-bond acceptors (Lipinski definition) is 5. The topological polar surface area (TPSA) is 65.4 Å². The van der Waals surface area contributed by atoms with Crippen molar-refractivity contribution in [2.24, 2.45) is 0 Å². The molecular formula is C20H20FN3O3S. The summed E-state index contributed by atoms with van der Waals surface area (Å²) in [6.45, 7) is 1.78. The van der Waals surface area contributed by atoms with Gasteiger partial charge in [0.1, 0.15) is 17.3 Å². The van der Waals surface area contributed by atoms with Gasteiger partial charge in [0.05, 0.1) is 30.8 Å². The highest BCUT2D eigenvalue weighted by Gasteiger charge is 2.19. The zero-order chi connectivity index (χ0) is 20.1. The van der Waals surface area contributed by atoms with Crippen LogP contribution in [0.1, 0.15) is 6.92 Å². The van der Waals surface area contributed by atoms with Crippen molar-refractivity contribution >= 4 is 23.4 Å². The van der Waals surface area contributed by atoms with E-state index in [1.54, 1.807) is 61.3 Å². The molecule has 0 radical (unpaired) electrons. The average molecular weight is 401 g/mol. The molecule has 1 N–H and O–H groups in total. The number of carbonyl (C=O) groups excluding carboxylic acids is 1. The molecule has 1 aromatic heterocycles. The molecule has 0 aliphatic carbocycles. The number of carbonyl (C=O) groups is 1. The monoisotopic (exact) mass is 401 g/mol. The molecule has 1 heterocycles. The first kappa shape index (κ1) is 19.8. The molecule has 3 rings (SSSR count). The molecule has 28 heavy (non-hydrogen) atoms. The Morgan fingerprint density at radius 2 is 2.04 bits per heavy atom. The number of nitrogens with one attached hydrogen (secondary N) is 1.